The molecule has 0 saturated heterocycles. The molecule has 1 heterocycles. The summed E-state index contributed by atoms with van der Waals surface area (Å²) < 4.78 is 7.32. The van der Waals surface area contributed by atoms with E-state index in [9.17, 15) is 4.79 Å². The highest BCUT2D eigenvalue weighted by Gasteiger charge is 2.09. The second kappa shape index (κ2) is 7.92. The molecule has 0 saturated carbocycles. The van der Waals surface area contributed by atoms with Gasteiger partial charge in [-0.05, 0) is 35.0 Å². The fraction of sp³-hybridized carbons (Fsp3) is 0.0833. The third-order valence-corrected chi connectivity index (χ3v) is 4.67. The number of anilines is 1. The molecule has 1 aromatic heterocycles. The molecule has 3 aromatic carbocycles. The Morgan fingerprint density at radius 3 is 2.36 bits per heavy atom. The summed E-state index contributed by atoms with van der Waals surface area (Å²) in [6.07, 6.45) is 3.94. The molecule has 1 N–H and O–H groups in total. The lowest BCUT2D eigenvalue weighted by Gasteiger charge is -2.07. The number of nitrogens with zero attached hydrogens (tertiary/aromatic N) is 1. The molecule has 0 fully saturated rings. The second-order valence-electron chi connectivity index (χ2n) is 6.63. The molecule has 0 atom stereocenters. The van der Waals surface area contributed by atoms with E-state index in [1.165, 1.54) is 5.56 Å². The number of rotatable bonds is 5. The SMILES string of the molecule is COc1ccc2cc(C(=O)Nc3cc[n+](Cc4ccccc4)cc3)ccc2c1. The lowest BCUT2D eigenvalue weighted by Crippen LogP contribution is -2.33. The number of amides is 1. The van der Waals surface area contributed by atoms with Crippen LogP contribution in [0, 0.1) is 0 Å². The van der Waals surface area contributed by atoms with E-state index in [1.54, 1.807) is 7.11 Å². The Hall–Kier alpha value is -3.66. The number of methoxy groups -OCH3 is 1. The monoisotopic (exact) mass is 369 g/mol. The third-order valence-electron chi connectivity index (χ3n) is 4.67. The molecule has 0 bridgehead atoms. The van der Waals surface area contributed by atoms with E-state index in [0.717, 1.165) is 28.8 Å². The first kappa shape index (κ1) is 17.7. The molecule has 4 heteroatoms. The van der Waals surface area contributed by atoms with Gasteiger partial charge in [0, 0.05) is 23.3 Å². The molecular weight excluding hydrogens is 348 g/mol. The van der Waals surface area contributed by atoms with E-state index in [1.807, 2.05) is 79.1 Å². The van der Waals surface area contributed by atoms with E-state index < -0.39 is 0 Å². The first-order valence-corrected chi connectivity index (χ1v) is 9.13. The molecule has 4 aromatic rings. The highest BCUT2D eigenvalue weighted by atomic mass is 16.5. The van der Waals surface area contributed by atoms with Crippen molar-refractivity contribution < 1.29 is 14.1 Å². The van der Waals surface area contributed by atoms with E-state index in [0.29, 0.717) is 5.56 Å². The van der Waals surface area contributed by atoms with Crippen molar-refractivity contribution in [3.63, 3.8) is 0 Å². The average Bonchev–Trinajstić information content (AvgIpc) is 2.75. The minimum Gasteiger partial charge on any atom is -0.497 e. The second-order valence-corrected chi connectivity index (χ2v) is 6.63. The van der Waals surface area contributed by atoms with Crippen LogP contribution in [0.25, 0.3) is 10.8 Å². The van der Waals surface area contributed by atoms with E-state index in [-0.39, 0.29) is 5.91 Å². The summed E-state index contributed by atoms with van der Waals surface area (Å²) in [6.45, 7) is 0.795. The van der Waals surface area contributed by atoms with Crippen LogP contribution in [-0.2, 0) is 6.54 Å². The number of aromatic nitrogens is 1. The maximum absolute atomic E-state index is 12.6. The van der Waals surface area contributed by atoms with Crippen molar-refractivity contribution >= 4 is 22.4 Å². The molecule has 4 rings (SSSR count). The summed E-state index contributed by atoms with van der Waals surface area (Å²) in [5.41, 5.74) is 2.62. The van der Waals surface area contributed by atoms with Gasteiger partial charge in [0.15, 0.2) is 18.9 Å². The Morgan fingerprint density at radius 1 is 0.893 bits per heavy atom. The van der Waals surface area contributed by atoms with Gasteiger partial charge in [0.1, 0.15) is 5.75 Å². The number of ether oxygens (including phenoxy) is 1. The van der Waals surface area contributed by atoms with Gasteiger partial charge in [-0.15, -0.1) is 0 Å². The van der Waals surface area contributed by atoms with Gasteiger partial charge < -0.3 is 10.1 Å². The zero-order valence-electron chi connectivity index (χ0n) is 15.6. The largest absolute Gasteiger partial charge is 0.497 e. The number of hydrogen-bond donors (Lipinski definition) is 1. The summed E-state index contributed by atoms with van der Waals surface area (Å²) >= 11 is 0. The van der Waals surface area contributed by atoms with Crippen LogP contribution >= 0.6 is 0 Å². The molecule has 0 spiro atoms. The van der Waals surface area contributed by atoms with Crippen LogP contribution in [0.15, 0.2) is 91.3 Å². The van der Waals surface area contributed by atoms with Gasteiger partial charge in [-0.25, -0.2) is 4.57 Å². The lowest BCUT2D eigenvalue weighted by molar-refractivity contribution is -0.688. The molecule has 4 nitrogen and oxygen atoms in total. The van der Waals surface area contributed by atoms with Crippen LogP contribution in [-0.4, -0.2) is 13.0 Å². The maximum Gasteiger partial charge on any atom is 0.255 e. The molecular formula is C24H21N2O2+. The first-order valence-electron chi connectivity index (χ1n) is 9.13. The summed E-state index contributed by atoms with van der Waals surface area (Å²) in [5.74, 6) is 0.677. The van der Waals surface area contributed by atoms with Gasteiger partial charge in [-0.3, -0.25) is 4.79 Å². The topological polar surface area (TPSA) is 42.2 Å². The van der Waals surface area contributed by atoms with E-state index in [2.05, 4.69) is 22.0 Å². The molecule has 0 unspecified atom stereocenters. The van der Waals surface area contributed by atoms with Crippen LogP contribution < -0.4 is 14.6 Å². The van der Waals surface area contributed by atoms with E-state index in [4.69, 9.17) is 4.74 Å². The standard InChI is InChI=1S/C24H20N2O2/c1-28-23-10-9-19-15-21(8-7-20(19)16-23)24(27)25-22-11-13-26(14-12-22)17-18-5-3-2-4-6-18/h2-16H,17H2,1H3/p+1. The highest BCUT2D eigenvalue weighted by molar-refractivity contribution is 6.06. The Labute approximate surface area is 164 Å². The minimum atomic E-state index is -0.126. The summed E-state index contributed by atoms with van der Waals surface area (Å²) in [7, 11) is 1.65. The molecule has 28 heavy (non-hydrogen) atoms. The zero-order valence-corrected chi connectivity index (χ0v) is 15.6. The predicted octanol–water partition coefficient (Wildman–Crippen LogP) is 4.44. The predicted molar refractivity (Wildman–Crippen MR) is 111 cm³/mol. The number of pyridine rings is 1. The smallest absolute Gasteiger partial charge is 0.255 e. The van der Waals surface area contributed by atoms with Crippen molar-refractivity contribution in [2.24, 2.45) is 0 Å². The molecule has 0 aliphatic heterocycles. The van der Waals surface area contributed by atoms with Crippen molar-refractivity contribution in [3.8, 4) is 5.75 Å². The summed E-state index contributed by atoms with van der Waals surface area (Å²) in [6, 6.07) is 25.6. The Balaban J connectivity index is 1.46. The third kappa shape index (κ3) is 4.01. The van der Waals surface area contributed by atoms with Gasteiger partial charge in [0.25, 0.3) is 5.91 Å². The van der Waals surface area contributed by atoms with Crippen molar-refractivity contribution in [1.29, 1.82) is 0 Å². The van der Waals surface area contributed by atoms with Gasteiger partial charge >= 0.3 is 0 Å². The quantitative estimate of drug-likeness (QED) is 0.529. The fourth-order valence-corrected chi connectivity index (χ4v) is 3.14. The van der Waals surface area contributed by atoms with Crippen molar-refractivity contribution in [2.75, 3.05) is 12.4 Å². The van der Waals surface area contributed by atoms with Crippen LogP contribution in [0.1, 0.15) is 15.9 Å². The van der Waals surface area contributed by atoms with Crippen molar-refractivity contribution in [3.05, 3.63) is 102 Å². The first-order chi connectivity index (χ1) is 13.7. The number of benzene rings is 3. The van der Waals surface area contributed by atoms with Crippen molar-refractivity contribution in [1.82, 2.24) is 0 Å². The normalized spacial score (nSPS) is 10.6. The Bertz CT molecular complexity index is 1110. The number of hydrogen-bond acceptors (Lipinski definition) is 2. The van der Waals surface area contributed by atoms with Crippen LogP contribution in [0.5, 0.6) is 5.75 Å². The minimum absolute atomic E-state index is 0.126. The number of carbonyl (C=O) groups excluding carboxylic acids is 1. The van der Waals surface area contributed by atoms with Gasteiger partial charge in [0.05, 0.1) is 12.8 Å². The van der Waals surface area contributed by atoms with Crippen LogP contribution in [0.4, 0.5) is 5.69 Å². The lowest BCUT2D eigenvalue weighted by atomic mass is 10.1. The highest BCUT2D eigenvalue weighted by Crippen LogP contribution is 2.22. The fourth-order valence-electron chi connectivity index (χ4n) is 3.14. The van der Waals surface area contributed by atoms with Gasteiger partial charge in [0.2, 0.25) is 0 Å². The average molecular weight is 369 g/mol. The Kier molecular flexibility index (Phi) is 5.02. The van der Waals surface area contributed by atoms with Gasteiger partial charge in [-0.2, -0.15) is 0 Å². The zero-order chi connectivity index (χ0) is 19.3. The maximum atomic E-state index is 12.6. The molecule has 138 valence electrons. The van der Waals surface area contributed by atoms with Crippen LogP contribution in [0.2, 0.25) is 0 Å². The van der Waals surface area contributed by atoms with Gasteiger partial charge in [-0.1, -0.05) is 42.5 Å². The molecule has 0 aliphatic carbocycles. The number of nitrogens with one attached hydrogen (secondary N) is 1. The van der Waals surface area contributed by atoms with Crippen molar-refractivity contribution in [2.45, 2.75) is 6.54 Å². The summed E-state index contributed by atoms with van der Waals surface area (Å²) in [4.78, 5) is 12.6. The molecule has 0 aliphatic rings. The van der Waals surface area contributed by atoms with E-state index >= 15 is 0 Å². The molecule has 1 amide bonds. The van der Waals surface area contributed by atoms with Crippen LogP contribution in [0.3, 0.4) is 0 Å². The number of fused-ring (bicyclic) bond motifs is 1. The number of carbonyl (C=O) groups is 1. The Morgan fingerprint density at radius 2 is 1.61 bits per heavy atom. The summed E-state index contributed by atoms with van der Waals surface area (Å²) in [5, 5.41) is 5.00. The molecule has 0 radical (unpaired) electrons.